The molecule has 1 aliphatic carbocycles. The third-order valence-corrected chi connectivity index (χ3v) is 6.52. The first-order valence-corrected chi connectivity index (χ1v) is 11.8. The summed E-state index contributed by atoms with van der Waals surface area (Å²) in [6.07, 6.45) is 1.80. The first-order chi connectivity index (χ1) is 16.0. The van der Waals surface area contributed by atoms with Gasteiger partial charge in [0.05, 0.1) is 18.2 Å². The number of anilines is 1. The molecule has 3 amide bonds. The summed E-state index contributed by atoms with van der Waals surface area (Å²) in [5.74, 6) is -0.0771. The van der Waals surface area contributed by atoms with E-state index in [0.717, 1.165) is 23.3 Å². The van der Waals surface area contributed by atoms with Crippen molar-refractivity contribution in [1.82, 2.24) is 9.80 Å². The SMILES string of the molecule is Cc1ccc(CN(Cc2ccccc2)C(=O)CN(C(=O)Nc2ccc(C#N)cc2)C2CC2)s1. The highest BCUT2D eigenvalue weighted by molar-refractivity contribution is 7.11. The smallest absolute Gasteiger partial charge is 0.322 e. The largest absolute Gasteiger partial charge is 0.332 e. The normalized spacial score (nSPS) is 12.6. The molecule has 0 bridgehead atoms. The van der Waals surface area contributed by atoms with Gasteiger partial charge < -0.3 is 15.1 Å². The monoisotopic (exact) mass is 458 g/mol. The van der Waals surface area contributed by atoms with E-state index in [-0.39, 0.29) is 24.5 Å². The lowest BCUT2D eigenvalue weighted by molar-refractivity contribution is -0.133. The molecule has 1 aliphatic rings. The van der Waals surface area contributed by atoms with E-state index in [1.165, 1.54) is 4.88 Å². The number of rotatable bonds is 8. The lowest BCUT2D eigenvalue weighted by atomic mass is 10.2. The Hall–Kier alpha value is -3.63. The number of urea groups is 1. The van der Waals surface area contributed by atoms with Gasteiger partial charge in [-0.3, -0.25) is 4.79 Å². The fourth-order valence-corrected chi connectivity index (χ4v) is 4.52. The number of hydrogen-bond donors (Lipinski definition) is 1. The standard InChI is InChI=1S/C26H26N4O2S/c1-19-7-14-24(33-19)17-29(16-21-5-3-2-4-6-21)25(31)18-30(23-12-13-23)26(32)28-22-10-8-20(15-27)9-11-22/h2-11,14,23H,12-13,16-18H2,1H3,(H,28,32). The van der Waals surface area contributed by atoms with Crippen LogP contribution in [-0.4, -0.2) is 34.3 Å². The molecule has 0 saturated heterocycles. The van der Waals surface area contributed by atoms with Crippen LogP contribution in [0.1, 0.15) is 33.7 Å². The Morgan fingerprint density at radius 2 is 1.76 bits per heavy atom. The maximum atomic E-state index is 13.4. The van der Waals surface area contributed by atoms with Crippen LogP contribution in [0.2, 0.25) is 0 Å². The molecule has 3 aromatic rings. The van der Waals surface area contributed by atoms with Gasteiger partial charge >= 0.3 is 6.03 Å². The van der Waals surface area contributed by atoms with Gasteiger partial charge in [0, 0.05) is 28.0 Å². The van der Waals surface area contributed by atoms with Gasteiger partial charge in [0.1, 0.15) is 6.54 Å². The highest BCUT2D eigenvalue weighted by atomic mass is 32.1. The highest BCUT2D eigenvalue weighted by Gasteiger charge is 2.35. The molecule has 1 heterocycles. The average molecular weight is 459 g/mol. The number of carbonyl (C=O) groups is 2. The minimum Gasteiger partial charge on any atom is -0.332 e. The minimum atomic E-state index is -0.290. The molecule has 0 spiro atoms. The number of benzene rings is 2. The van der Waals surface area contributed by atoms with Crippen molar-refractivity contribution < 1.29 is 9.59 Å². The summed E-state index contributed by atoms with van der Waals surface area (Å²) in [7, 11) is 0. The summed E-state index contributed by atoms with van der Waals surface area (Å²) in [6.45, 7) is 3.10. The second-order valence-electron chi connectivity index (χ2n) is 8.23. The van der Waals surface area contributed by atoms with Crippen molar-refractivity contribution >= 4 is 29.0 Å². The summed E-state index contributed by atoms with van der Waals surface area (Å²) >= 11 is 1.68. The molecule has 7 heteroatoms. The fraction of sp³-hybridized carbons (Fsp3) is 0.269. The number of aryl methyl sites for hydroxylation is 1. The van der Waals surface area contributed by atoms with Crippen LogP contribution in [0.3, 0.4) is 0 Å². The second kappa shape index (κ2) is 10.3. The van der Waals surface area contributed by atoms with E-state index >= 15 is 0 Å². The number of thiophene rings is 1. The lowest BCUT2D eigenvalue weighted by Crippen LogP contribution is -2.45. The predicted molar refractivity (Wildman–Crippen MR) is 130 cm³/mol. The molecule has 1 saturated carbocycles. The number of nitrogens with zero attached hydrogens (tertiary/aromatic N) is 3. The third kappa shape index (κ3) is 6.21. The first-order valence-electron chi connectivity index (χ1n) is 11.0. The van der Waals surface area contributed by atoms with Crippen molar-refractivity contribution in [2.45, 2.75) is 38.9 Å². The van der Waals surface area contributed by atoms with Gasteiger partial charge in [-0.2, -0.15) is 5.26 Å². The van der Waals surface area contributed by atoms with E-state index in [0.29, 0.717) is 24.3 Å². The molecule has 6 nitrogen and oxygen atoms in total. The van der Waals surface area contributed by atoms with Crippen LogP contribution in [0.25, 0.3) is 0 Å². The summed E-state index contributed by atoms with van der Waals surface area (Å²) in [5.41, 5.74) is 2.19. The Kier molecular flexibility index (Phi) is 7.06. The van der Waals surface area contributed by atoms with Crippen molar-refractivity contribution in [3.05, 3.63) is 87.6 Å². The van der Waals surface area contributed by atoms with Gasteiger partial charge in [0.2, 0.25) is 5.91 Å². The van der Waals surface area contributed by atoms with Crippen LogP contribution in [0, 0.1) is 18.3 Å². The van der Waals surface area contributed by atoms with Gasteiger partial charge in [-0.1, -0.05) is 30.3 Å². The maximum absolute atomic E-state index is 13.4. The number of nitrogens with one attached hydrogen (secondary N) is 1. The Morgan fingerprint density at radius 3 is 2.36 bits per heavy atom. The van der Waals surface area contributed by atoms with Crippen LogP contribution < -0.4 is 5.32 Å². The Morgan fingerprint density at radius 1 is 1.03 bits per heavy atom. The van der Waals surface area contributed by atoms with Gasteiger partial charge in [-0.05, 0) is 61.7 Å². The van der Waals surface area contributed by atoms with E-state index in [2.05, 4.69) is 30.4 Å². The topological polar surface area (TPSA) is 76.4 Å². The van der Waals surface area contributed by atoms with Crippen molar-refractivity contribution in [2.24, 2.45) is 0 Å². The van der Waals surface area contributed by atoms with Crippen molar-refractivity contribution in [1.29, 1.82) is 5.26 Å². The zero-order valence-corrected chi connectivity index (χ0v) is 19.3. The summed E-state index contributed by atoms with van der Waals surface area (Å²) in [4.78, 5) is 32.2. The molecule has 0 radical (unpaired) electrons. The molecule has 0 unspecified atom stereocenters. The first kappa shape index (κ1) is 22.6. The Bertz CT molecular complexity index is 1150. The van der Waals surface area contributed by atoms with E-state index in [4.69, 9.17) is 5.26 Å². The molecule has 1 aromatic heterocycles. The molecule has 168 valence electrons. The summed E-state index contributed by atoms with van der Waals surface area (Å²) in [5, 5.41) is 11.8. The molecule has 2 aromatic carbocycles. The summed E-state index contributed by atoms with van der Waals surface area (Å²) < 4.78 is 0. The van der Waals surface area contributed by atoms with E-state index in [9.17, 15) is 9.59 Å². The van der Waals surface area contributed by atoms with Crippen LogP contribution >= 0.6 is 11.3 Å². The molecule has 1 N–H and O–H groups in total. The molecule has 1 fully saturated rings. The Labute approximate surface area is 198 Å². The van der Waals surface area contributed by atoms with Crippen LogP contribution in [0.4, 0.5) is 10.5 Å². The number of nitriles is 1. The molecule has 33 heavy (non-hydrogen) atoms. The minimum absolute atomic E-state index is 0.0317. The second-order valence-corrected chi connectivity index (χ2v) is 9.60. The zero-order valence-electron chi connectivity index (χ0n) is 18.5. The van der Waals surface area contributed by atoms with Crippen molar-refractivity contribution in [3.63, 3.8) is 0 Å². The third-order valence-electron chi connectivity index (χ3n) is 5.53. The van der Waals surface area contributed by atoms with Crippen LogP contribution in [0.15, 0.2) is 66.7 Å². The van der Waals surface area contributed by atoms with Gasteiger partial charge in [-0.25, -0.2) is 4.79 Å². The molecular weight excluding hydrogens is 432 g/mol. The molecule has 4 rings (SSSR count). The van der Waals surface area contributed by atoms with Crippen LogP contribution in [-0.2, 0) is 17.9 Å². The quantitative estimate of drug-likeness (QED) is 0.507. The molecule has 0 aliphatic heterocycles. The lowest BCUT2D eigenvalue weighted by Gasteiger charge is -2.28. The Balaban J connectivity index is 1.47. The van der Waals surface area contributed by atoms with Gasteiger partial charge in [-0.15, -0.1) is 11.3 Å². The van der Waals surface area contributed by atoms with Gasteiger partial charge in [0.15, 0.2) is 0 Å². The summed E-state index contributed by atoms with van der Waals surface area (Å²) in [6, 6.07) is 22.6. The molecular formula is C26H26N4O2S. The predicted octanol–water partition coefficient (Wildman–Crippen LogP) is 5.15. The average Bonchev–Trinajstić information content (AvgIpc) is 3.59. The zero-order chi connectivity index (χ0) is 23.2. The highest BCUT2D eigenvalue weighted by Crippen LogP contribution is 2.28. The van der Waals surface area contributed by atoms with E-state index in [1.54, 1.807) is 40.5 Å². The van der Waals surface area contributed by atoms with Crippen molar-refractivity contribution in [2.75, 3.05) is 11.9 Å². The van der Waals surface area contributed by atoms with Crippen LogP contribution in [0.5, 0.6) is 0 Å². The number of hydrogen-bond acceptors (Lipinski definition) is 4. The van der Waals surface area contributed by atoms with Crippen molar-refractivity contribution in [3.8, 4) is 6.07 Å². The van der Waals surface area contributed by atoms with E-state index < -0.39 is 0 Å². The van der Waals surface area contributed by atoms with Gasteiger partial charge in [0.25, 0.3) is 0 Å². The van der Waals surface area contributed by atoms with E-state index in [1.807, 2.05) is 35.2 Å². The number of amides is 3. The number of carbonyl (C=O) groups excluding carboxylic acids is 2. The maximum Gasteiger partial charge on any atom is 0.322 e. The molecule has 0 atom stereocenters. The fourth-order valence-electron chi connectivity index (χ4n) is 3.62.